The molecule has 1 aliphatic heterocycles. The van der Waals surface area contributed by atoms with E-state index in [4.69, 9.17) is 21.1 Å². The summed E-state index contributed by atoms with van der Waals surface area (Å²) in [5.74, 6) is 0.504. The third kappa shape index (κ3) is 5.94. The standard InChI is InChI=1S/C27H30ClN3O5S/c1-20-7-10-24(11-8-20)37(33,34)31(25-12-9-23(35-2)18-26(25)36-3)19-27(32)30-15-13-29(14-16-30)22-6-4-5-21(28)17-22/h4-12,17-18H,13-16,19H2,1-3H3. The SMILES string of the molecule is COc1ccc(N(CC(=O)N2CCN(c3cccc(Cl)c3)CC2)S(=O)(=O)c2ccc(C)cc2)c(OC)c1. The van der Waals surface area contributed by atoms with Gasteiger partial charge in [0.2, 0.25) is 5.91 Å². The van der Waals surface area contributed by atoms with E-state index in [0.717, 1.165) is 15.6 Å². The Hall–Kier alpha value is -3.43. The average Bonchev–Trinajstić information content (AvgIpc) is 2.91. The lowest BCUT2D eigenvalue weighted by atomic mass is 10.2. The molecule has 0 bridgehead atoms. The van der Waals surface area contributed by atoms with Crippen molar-refractivity contribution in [1.29, 1.82) is 0 Å². The molecule has 0 radical (unpaired) electrons. The molecule has 3 aromatic carbocycles. The van der Waals surface area contributed by atoms with Crippen molar-refractivity contribution in [2.75, 3.05) is 56.1 Å². The normalized spacial score (nSPS) is 13.8. The number of sulfonamides is 1. The van der Waals surface area contributed by atoms with Crippen molar-refractivity contribution in [3.63, 3.8) is 0 Å². The van der Waals surface area contributed by atoms with Crippen LogP contribution < -0.4 is 18.7 Å². The lowest BCUT2D eigenvalue weighted by Crippen LogP contribution is -2.52. The Bertz CT molecular complexity index is 1360. The molecule has 1 heterocycles. The number of hydrogen-bond acceptors (Lipinski definition) is 6. The molecule has 0 saturated carbocycles. The van der Waals surface area contributed by atoms with Gasteiger partial charge in [-0.2, -0.15) is 0 Å². The van der Waals surface area contributed by atoms with Crippen LogP contribution >= 0.6 is 11.6 Å². The number of ether oxygens (including phenoxy) is 2. The van der Waals surface area contributed by atoms with Gasteiger partial charge in [-0.15, -0.1) is 0 Å². The van der Waals surface area contributed by atoms with Crippen LogP contribution in [0.25, 0.3) is 0 Å². The number of halogens is 1. The molecule has 8 nitrogen and oxygen atoms in total. The van der Waals surface area contributed by atoms with Gasteiger partial charge in [-0.05, 0) is 49.4 Å². The summed E-state index contributed by atoms with van der Waals surface area (Å²) in [6, 6.07) is 19.0. The van der Waals surface area contributed by atoms with Gasteiger partial charge in [-0.25, -0.2) is 8.42 Å². The maximum Gasteiger partial charge on any atom is 0.264 e. The molecule has 10 heteroatoms. The first-order valence-corrected chi connectivity index (χ1v) is 13.6. The minimum atomic E-state index is -4.08. The topological polar surface area (TPSA) is 79.4 Å². The van der Waals surface area contributed by atoms with E-state index >= 15 is 0 Å². The number of carbonyl (C=O) groups excluding carboxylic acids is 1. The number of rotatable bonds is 8. The first kappa shape index (κ1) is 26.6. The molecular formula is C27H30ClN3O5S. The van der Waals surface area contributed by atoms with E-state index < -0.39 is 10.0 Å². The number of amides is 1. The van der Waals surface area contributed by atoms with Gasteiger partial charge in [-0.1, -0.05) is 35.4 Å². The van der Waals surface area contributed by atoms with E-state index in [1.54, 1.807) is 47.4 Å². The second-order valence-electron chi connectivity index (χ2n) is 8.71. The number of anilines is 2. The van der Waals surface area contributed by atoms with Crippen molar-refractivity contribution in [2.24, 2.45) is 0 Å². The largest absolute Gasteiger partial charge is 0.497 e. The highest BCUT2D eigenvalue weighted by Gasteiger charge is 2.32. The fourth-order valence-electron chi connectivity index (χ4n) is 4.24. The molecule has 196 valence electrons. The van der Waals surface area contributed by atoms with E-state index in [9.17, 15) is 13.2 Å². The van der Waals surface area contributed by atoms with E-state index in [-0.39, 0.29) is 28.8 Å². The fraction of sp³-hybridized carbons (Fsp3) is 0.296. The Labute approximate surface area is 223 Å². The number of methoxy groups -OCH3 is 2. The van der Waals surface area contributed by atoms with Gasteiger partial charge >= 0.3 is 0 Å². The van der Waals surface area contributed by atoms with Gasteiger partial charge in [0.25, 0.3) is 10.0 Å². The second-order valence-corrected chi connectivity index (χ2v) is 11.0. The third-order valence-electron chi connectivity index (χ3n) is 6.35. The van der Waals surface area contributed by atoms with Crippen LogP contribution in [0.2, 0.25) is 5.02 Å². The van der Waals surface area contributed by atoms with E-state index in [0.29, 0.717) is 37.0 Å². The number of aryl methyl sites for hydroxylation is 1. The van der Waals surface area contributed by atoms with Gasteiger partial charge in [-0.3, -0.25) is 9.10 Å². The number of carbonyl (C=O) groups is 1. The molecule has 1 fully saturated rings. The number of piperazine rings is 1. The zero-order valence-corrected chi connectivity index (χ0v) is 22.6. The molecule has 4 rings (SSSR count). The Morgan fingerprint density at radius 3 is 2.27 bits per heavy atom. The first-order chi connectivity index (χ1) is 17.7. The summed E-state index contributed by atoms with van der Waals surface area (Å²) in [4.78, 5) is 17.4. The highest BCUT2D eigenvalue weighted by atomic mass is 35.5. The van der Waals surface area contributed by atoms with Gasteiger partial charge in [0.05, 0.1) is 24.8 Å². The Balaban J connectivity index is 1.60. The summed E-state index contributed by atoms with van der Waals surface area (Å²) in [6.45, 7) is 3.67. The van der Waals surface area contributed by atoms with Crippen LogP contribution in [0.15, 0.2) is 71.6 Å². The Morgan fingerprint density at radius 2 is 1.65 bits per heavy atom. The highest BCUT2D eigenvalue weighted by molar-refractivity contribution is 7.92. The van der Waals surface area contributed by atoms with Gasteiger partial charge in [0.15, 0.2) is 0 Å². The summed E-state index contributed by atoms with van der Waals surface area (Å²) in [7, 11) is -1.11. The van der Waals surface area contributed by atoms with Gasteiger partial charge in [0.1, 0.15) is 18.0 Å². The van der Waals surface area contributed by atoms with Crippen molar-refractivity contribution in [3.8, 4) is 11.5 Å². The molecule has 37 heavy (non-hydrogen) atoms. The van der Waals surface area contributed by atoms with Gasteiger partial charge < -0.3 is 19.3 Å². The quantitative estimate of drug-likeness (QED) is 0.423. The molecule has 0 unspecified atom stereocenters. The van der Waals surface area contributed by atoms with Crippen LogP contribution in [0.3, 0.4) is 0 Å². The smallest absolute Gasteiger partial charge is 0.264 e. The summed E-state index contributed by atoms with van der Waals surface area (Å²) in [5.41, 5.74) is 2.18. The lowest BCUT2D eigenvalue weighted by molar-refractivity contribution is -0.129. The maximum atomic E-state index is 13.8. The van der Waals surface area contributed by atoms with Crippen LogP contribution in [0.4, 0.5) is 11.4 Å². The molecule has 0 N–H and O–H groups in total. The monoisotopic (exact) mass is 543 g/mol. The van der Waals surface area contributed by atoms with Crippen LogP contribution in [0.5, 0.6) is 11.5 Å². The summed E-state index contributed by atoms with van der Waals surface area (Å²) >= 11 is 6.13. The van der Waals surface area contributed by atoms with E-state index in [1.807, 2.05) is 31.2 Å². The maximum absolute atomic E-state index is 13.8. The van der Waals surface area contributed by atoms with Crippen molar-refractivity contribution >= 4 is 38.9 Å². The fourth-order valence-corrected chi connectivity index (χ4v) is 5.85. The lowest BCUT2D eigenvalue weighted by Gasteiger charge is -2.37. The van der Waals surface area contributed by atoms with Crippen LogP contribution in [0, 0.1) is 6.92 Å². The molecule has 3 aromatic rings. The molecule has 0 spiro atoms. The predicted molar refractivity (Wildman–Crippen MR) is 146 cm³/mol. The molecule has 0 atom stereocenters. The summed E-state index contributed by atoms with van der Waals surface area (Å²) in [5, 5.41) is 0.654. The van der Waals surface area contributed by atoms with Crippen molar-refractivity contribution < 1.29 is 22.7 Å². The van der Waals surface area contributed by atoms with Crippen LogP contribution in [0.1, 0.15) is 5.56 Å². The van der Waals surface area contributed by atoms with Crippen molar-refractivity contribution in [1.82, 2.24) is 4.90 Å². The molecular weight excluding hydrogens is 514 g/mol. The average molecular weight is 544 g/mol. The van der Waals surface area contributed by atoms with Crippen LogP contribution in [-0.2, 0) is 14.8 Å². The molecule has 1 amide bonds. The van der Waals surface area contributed by atoms with E-state index in [1.165, 1.54) is 14.2 Å². The predicted octanol–water partition coefficient (Wildman–Crippen LogP) is 4.21. The minimum absolute atomic E-state index is 0.0922. The third-order valence-corrected chi connectivity index (χ3v) is 8.36. The van der Waals surface area contributed by atoms with Gasteiger partial charge in [0, 0.05) is 43.0 Å². The minimum Gasteiger partial charge on any atom is -0.497 e. The number of nitrogens with zero attached hydrogens (tertiary/aromatic N) is 3. The van der Waals surface area contributed by atoms with Crippen molar-refractivity contribution in [3.05, 3.63) is 77.3 Å². The molecule has 0 aromatic heterocycles. The molecule has 0 aliphatic carbocycles. The molecule has 1 saturated heterocycles. The second kappa shape index (κ2) is 11.3. The Kier molecular flexibility index (Phi) is 8.14. The first-order valence-electron chi connectivity index (χ1n) is 11.8. The number of hydrogen-bond donors (Lipinski definition) is 0. The Morgan fingerprint density at radius 1 is 0.946 bits per heavy atom. The van der Waals surface area contributed by atoms with E-state index in [2.05, 4.69) is 4.90 Å². The molecule has 1 aliphatic rings. The number of benzene rings is 3. The highest BCUT2D eigenvalue weighted by Crippen LogP contribution is 2.35. The van der Waals surface area contributed by atoms with Crippen LogP contribution in [-0.4, -0.2) is 66.2 Å². The zero-order valence-electron chi connectivity index (χ0n) is 21.1. The van der Waals surface area contributed by atoms with Crippen molar-refractivity contribution in [2.45, 2.75) is 11.8 Å². The zero-order chi connectivity index (χ0) is 26.6. The summed E-state index contributed by atoms with van der Waals surface area (Å²) < 4.78 is 39.5. The summed E-state index contributed by atoms with van der Waals surface area (Å²) in [6.07, 6.45) is 0.